The Balaban J connectivity index is 1.79. The summed E-state index contributed by atoms with van der Waals surface area (Å²) >= 11 is 6.19. The van der Waals surface area contributed by atoms with Gasteiger partial charge in [-0.05, 0) is 36.8 Å². The summed E-state index contributed by atoms with van der Waals surface area (Å²) in [5.74, 6) is -1.46. The highest BCUT2D eigenvalue weighted by Crippen LogP contribution is 2.24. The summed E-state index contributed by atoms with van der Waals surface area (Å²) in [5, 5.41) is 2.55. The zero-order chi connectivity index (χ0) is 21.8. The minimum Gasteiger partial charge on any atom is -0.487 e. The van der Waals surface area contributed by atoms with Gasteiger partial charge >= 0.3 is 0 Å². The number of nitrogens with one attached hydrogen (secondary N) is 1. The lowest BCUT2D eigenvalue weighted by Gasteiger charge is -2.15. The van der Waals surface area contributed by atoms with E-state index in [4.69, 9.17) is 16.3 Å². The summed E-state index contributed by atoms with van der Waals surface area (Å²) < 4.78 is 33.8. The van der Waals surface area contributed by atoms with Crippen molar-refractivity contribution < 1.29 is 18.3 Å². The number of anilines is 1. The van der Waals surface area contributed by atoms with Gasteiger partial charge < -0.3 is 14.6 Å². The molecule has 1 N–H and O–H groups in total. The number of benzene rings is 2. The van der Waals surface area contributed by atoms with E-state index in [1.165, 1.54) is 17.6 Å². The van der Waals surface area contributed by atoms with Crippen molar-refractivity contribution in [3.63, 3.8) is 0 Å². The second kappa shape index (κ2) is 9.09. The second-order valence-electron chi connectivity index (χ2n) is 6.76. The van der Waals surface area contributed by atoms with Crippen LogP contribution < -0.4 is 15.6 Å². The number of nitrogens with zero attached hydrogens (tertiary/aromatic N) is 1. The van der Waals surface area contributed by atoms with E-state index in [2.05, 4.69) is 5.32 Å². The lowest BCUT2D eigenvalue weighted by Crippen LogP contribution is -2.24. The monoisotopic (exact) mass is 432 g/mol. The fraction of sp³-hybridized carbons (Fsp3) is 0.182. The average Bonchev–Trinajstić information content (AvgIpc) is 2.69. The normalized spacial score (nSPS) is 10.7. The first-order chi connectivity index (χ1) is 14.2. The summed E-state index contributed by atoms with van der Waals surface area (Å²) in [6.45, 7) is 3.23. The first-order valence-electron chi connectivity index (χ1n) is 9.08. The quantitative estimate of drug-likeness (QED) is 0.615. The molecule has 2 aromatic carbocycles. The maximum atomic E-state index is 13.8. The lowest BCUT2D eigenvalue weighted by atomic mass is 10.2. The molecular weight excluding hydrogens is 414 g/mol. The standard InChI is InChI=1S/C22H19ClF2N2O3/c1-13-9-20(30-12-16-5-6-17(24)10-19(16)25)21(23)22(29)27(13)11-15-3-7-18(8-4-15)26-14(2)28/h3-10H,11-12H2,1-2H3,(H,26,28). The lowest BCUT2D eigenvalue weighted by molar-refractivity contribution is -0.114. The highest BCUT2D eigenvalue weighted by atomic mass is 35.5. The van der Waals surface area contributed by atoms with Gasteiger partial charge in [0.2, 0.25) is 5.91 Å². The molecule has 0 aliphatic carbocycles. The topological polar surface area (TPSA) is 60.3 Å². The van der Waals surface area contributed by atoms with Gasteiger partial charge in [0.05, 0.1) is 6.54 Å². The van der Waals surface area contributed by atoms with Crippen LogP contribution in [0.15, 0.2) is 53.3 Å². The van der Waals surface area contributed by atoms with Crippen LogP contribution in [0.2, 0.25) is 5.02 Å². The molecule has 0 saturated heterocycles. The van der Waals surface area contributed by atoms with Gasteiger partial charge in [0.15, 0.2) is 0 Å². The van der Waals surface area contributed by atoms with E-state index in [1.54, 1.807) is 37.3 Å². The molecule has 0 spiro atoms. The van der Waals surface area contributed by atoms with E-state index in [-0.39, 0.29) is 35.4 Å². The van der Waals surface area contributed by atoms with Gasteiger partial charge in [-0.2, -0.15) is 0 Å². The fourth-order valence-corrected chi connectivity index (χ4v) is 3.10. The summed E-state index contributed by atoms with van der Waals surface area (Å²) in [4.78, 5) is 23.8. The number of ether oxygens (including phenoxy) is 1. The summed E-state index contributed by atoms with van der Waals surface area (Å²) in [6.07, 6.45) is 0. The molecular formula is C22H19ClF2N2O3. The molecule has 0 aliphatic heterocycles. The molecule has 3 aromatic rings. The highest BCUT2D eigenvalue weighted by Gasteiger charge is 2.14. The molecule has 0 saturated carbocycles. The number of hydrogen-bond donors (Lipinski definition) is 1. The fourth-order valence-electron chi connectivity index (χ4n) is 2.89. The predicted octanol–water partition coefficient (Wildman–Crippen LogP) is 4.67. The van der Waals surface area contributed by atoms with Crippen LogP contribution in [0.5, 0.6) is 5.75 Å². The van der Waals surface area contributed by atoms with Crippen molar-refractivity contribution in [2.45, 2.75) is 27.0 Å². The van der Waals surface area contributed by atoms with Gasteiger partial charge in [-0.3, -0.25) is 9.59 Å². The molecule has 30 heavy (non-hydrogen) atoms. The number of amides is 1. The van der Waals surface area contributed by atoms with Crippen molar-refractivity contribution in [3.8, 4) is 5.75 Å². The molecule has 0 atom stereocenters. The average molecular weight is 433 g/mol. The first-order valence-corrected chi connectivity index (χ1v) is 9.45. The molecule has 5 nitrogen and oxygen atoms in total. The largest absolute Gasteiger partial charge is 0.487 e. The van der Waals surface area contributed by atoms with Gasteiger partial charge in [-0.1, -0.05) is 23.7 Å². The molecule has 1 aromatic heterocycles. The molecule has 3 rings (SSSR count). The third kappa shape index (κ3) is 5.04. The van der Waals surface area contributed by atoms with Crippen LogP contribution in [0.1, 0.15) is 23.7 Å². The van der Waals surface area contributed by atoms with Crippen LogP contribution in [0.25, 0.3) is 0 Å². The van der Waals surface area contributed by atoms with E-state index >= 15 is 0 Å². The maximum absolute atomic E-state index is 13.8. The SMILES string of the molecule is CC(=O)Nc1ccc(Cn2c(C)cc(OCc3ccc(F)cc3F)c(Cl)c2=O)cc1. The molecule has 0 radical (unpaired) electrons. The molecule has 0 aliphatic rings. The number of aromatic nitrogens is 1. The van der Waals surface area contributed by atoms with Crippen molar-refractivity contribution in [2.75, 3.05) is 5.32 Å². The number of carbonyl (C=O) groups is 1. The van der Waals surface area contributed by atoms with E-state index < -0.39 is 17.2 Å². The van der Waals surface area contributed by atoms with Gasteiger partial charge in [-0.15, -0.1) is 0 Å². The maximum Gasteiger partial charge on any atom is 0.273 e. The van der Waals surface area contributed by atoms with Crippen molar-refractivity contribution in [3.05, 3.63) is 92.4 Å². The summed E-state index contributed by atoms with van der Waals surface area (Å²) in [5.41, 5.74) is 1.80. The minimum absolute atomic E-state index is 0.125. The van der Waals surface area contributed by atoms with Crippen LogP contribution in [0.4, 0.5) is 14.5 Å². The van der Waals surface area contributed by atoms with Crippen LogP contribution in [0, 0.1) is 18.6 Å². The third-order valence-electron chi connectivity index (χ3n) is 4.43. The van der Waals surface area contributed by atoms with Crippen LogP contribution in [-0.4, -0.2) is 10.5 Å². The Kier molecular flexibility index (Phi) is 6.52. The summed E-state index contributed by atoms with van der Waals surface area (Å²) in [6, 6.07) is 11.8. The number of carbonyl (C=O) groups excluding carboxylic acids is 1. The number of rotatable bonds is 6. The van der Waals surface area contributed by atoms with E-state index in [0.29, 0.717) is 11.4 Å². The Bertz CT molecular complexity index is 1140. The minimum atomic E-state index is -0.737. The molecule has 1 heterocycles. The van der Waals surface area contributed by atoms with Crippen LogP contribution in [-0.2, 0) is 17.9 Å². The smallest absolute Gasteiger partial charge is 0.273 e. The zero-order valence-electron chi connectivity index (χ0n) is 16.3. The second-order valence-corrected chi connectivity index (χ2v) is 7.14. The van der Waals surface area contributed by atoms with Crippen LogP contribution >= 0.6 is 11.6 Å². The zero-order valence-corrected chi connectivity index (χ0v) is 17.1. The van der Waals surface area contributed by atoms with Crippen molar-refractivity contribution in [2.24, 2.45) is 0 Å². The van der Waals surface area contributed by atoms with E-state index in [9.17, 15) is 18.4 Å². The Morgan fingerprint density at radius 3 is 2.47 bits per heavy atom. The molecule has 0 bridgehead atoms. The van der Waals surface area contributed by atoms with E-state index in [0.717, 1.165) is 17.7 Å². The van der Waals surface area contributed by atoms with Gasteiger partial charge in [-0.25, -0.2) is 8.78 Å². The number of halogens is 3. The predicted molar refractivity (Wildman–Crippen MR) is 111 cm³/mol. The Morgan fingerprint density at radius 2 is 1.83 bits per heavy atom. The highest BCUT2D eigenvalue weighted by molar-refractivity contribution is 6.31. The Morgan fingerprint density at radius 1 is 1.13 bits per heavy atom. The molecule has 0 unspecified atom stereocenters. The Labute approximate surface area is 176 Å². The van der Waals surface area contributed by atoms with Gasteiger partial charge in [0.25, 0.3) is 5.56 Å². The van der Waals surface area contributed by atoms with Gasteiger partial charge in [0, 0.05) is 36.0 Å². The number of aryl methyl sites for hydroxylation is 1. The van der Waals surface area contributed by atoms with Gasteiger partial charge in [0.1, 0.15) is 29.0 Å². The Hall–Kier alpha value is -3.19. The van der Waals surface area contributed by atoms with Crippen molar-refractivity contribution in [1.29, 1.82) is 0 Å². The molecule has 156 valence electrons. The third-order valence-corrected chi connectivity index (χ3v) is 4.78. The van der Waals surface area contributed by atoms with Crippen molar-refractivity contribution >= 4 is 23.2 Å². The van der Waals surface area contributed by atoms with Crippen molar-refractivity contribution in [1.82, 2.24) is 4.57 Å². The molecule has 0 fully saturated rings. The molecule has 8 heteroatoms. The van der Waals surface area contributed by atoms with E-state index in [1.807, 2.05) is 0 Å². The molecule has 1 amide bonds. The van der Waals surface area contributed by atoms with Crippen LogP contribution in [0.3, 0.4) is 0 Å². The summed E-state index contributed by atoms with van der Waals surface area (Å²) in [7, 11) is 0. The first kappa shape index (κ1) is 21.5. The number of hydrogen-bond acceptors (Lipinski definition) is 3. The number of pyridine rings is 1.